The summed E-state index contributed by atoms with van der Waals surface area (Å²) in [6, 6.07) is 14.0. The number of piperidine rings is 1. The van der Waals surface area contributed by atoms with Gasteiger partial charge in [-0.15, -0.1) is 0 Å². The van der Waals surface area contributed by atoms with E-state index in [4.69, 9.17) is 4.74 Å². The average molecular weight is 390 g/mol. The molecule has 1 N–H and O–H groups in total. The van der Waals surface area contributed by atoms with E-state index >= 15 is 0 Å². The Kier molecular flexibility index (Phi) is 4.63. The lowest BCUT2D eigenvalue weighted by atomic mass is 9.87. The van der Waals surface area contributed by atoms with E-state index in [1.165, 1.54) is 5.56 Å². The first-order chi connectivity index (χ1) is 14.1. The minimum atomic E-state index is -0.273. The monoisotopic (exact) mass is 390 g/mol. The second-order valence-corrected chi connectivity index (χ2v) is 8.49. The topological polar surface area (TPSA) is 58.6 Å². The predicted molar refractivity (Wildman–Crippen MR) is 110 cm³/mol. The van der Waals surface area contributed by atoms with Gasteiger partial charge in [-0.25, -0.2) is 0 Å². The van der Waals surface area contributed by atoms with Crippen molar-refractivity contribution in [3.63, 3.8) is 0 Å². The van der Waals surface area contributed by atoms with Crippen LogP contribution in [-0.2, 0) is 12.8 Å². The van der Waals surface area contributed by atoms with Crippen LogP contribution in [-0.4, -0.2) is 41.9 Å². The Labute approximate surface area is 171 Å². The van der Waals surface area contributed by atoms with E-state index in [2.05, 4.69) is 34.5 Å². The zero-order valence-corrected chi connectivity index (χ0v) is 16.6. The summed E-state index contributed by atoms with van der Waals surface area (Å²) >= 11 is 0. The molecule has 29 heavy (non-hydrogen) atoms. The molecule has 3 aliphatic rings. The Morgan fingerprint density at radius 3 is 2.62 bits per heavy atom. The molecule has 0 saturated carbocycles. The van der Waals surface area contributed by atoms with Crippen LogP contribution in [0.1, 0.15) is 57.5 Å². The van der Waals surface area contributed by atoms with Gasteiger partial charge >= 0.3 is 0 Å². The molecule has 0 unspecified atom stereocenters. The number of fused-ring (bicyclic) bond motifs is 2. The Bertz CT molecular complexity index is 933. The number of imide groups is 1. The molecule has 0 atom stereocenters. The van der Waals surface area contributed by atoms with Gasteiger partial charge in [0.1, 0.15) is 11.4 Å². The molecular formula is C24H26N2O3. The van der Waals surface area contributed by atoms with E-state index in [9.17, 15) is 9.59 Å². The van der Waals surface area contributed by atoms with E-state index in [1.54, 1.807) is 6.07 Å². The van der Waals surface area contributed by atoms with Gasteiger partial charge in [0, 0.05) is 32.4 Å². The van der Waals surface area contributed by atoms with Crippen molar-refractivity contribution in [1.82, 2.24) is 10.2 Å². The number of nitrogens with one attached hydrogen (secondary N) is 1. The van der Waals surface area contributed by atoms with Crippen LogP contribution in [0.4, 0.5) is 0 Å². The molecule has 1 fully saturated rings. The molecule has 1 saturated heterocycles. The third kappa shape index (κ3) is 3.44. The Morgan fingerprint density at radius 2 is 1.79 bits per heavy atom. The molecule has 3 aliphatic heterocycles. The number of benzene rings is 2. The van der Waals surface area contributed by atoms with Crippen LogP contribution in [0.25, 0.3) is 0 Å². The van der Waals surface area contributed by atoms with E-state index < -0.39 is 0 Å². The number of carbonyl (C=O) groups excluding carboxylic acids is 2. The second-order valence-electron chi connectivity index (χ2n) is 8.49. The summed E-state index contributed by atoms with van der Waals surface area (Å²) in [6.07, 6.45) is 6.14. The first kappa shape index (κ1) is 18.4. The summed E-state index contributed by atoms with van der Waals surface area (Å²) in [6.45, 7) is 3.22. The molecule has 5 nitrogen and oxygen atoms in total. The van der Waals surface area contributed by atoms with Crippen LogP contribution in [0.15, 0.2) is 42.5 Å². The molecule has 2 aromatic carbocycles. The molecule has 0 bridgehead atoms. The number of carbonyl (C=O) groups is 2. The van der Waals surface area contributed by atoms with Gasteiger partial charge in [-0.05, 0) is 49.1 Å². The third-order valence-corrected chi connectivity index (χ3v) is 6.60. The largest absolute Gasteiger partial charge is 0.487 e. The van der Waals surface area contributed by atoms with Crippen LogP contribution in [0, 0.1) is 0 Å². The highest BCUT2D eigenvalue weighted by atomic mass is 16.5. The summed E-state index contributed by atoms with van der Waals surface area (Å²) in [5.41, 5.74) is 3.44. The quantitative estimate of drug-likeness (QED) is 0.628. The SMILES string of the molecule is O=C1NC(=O)c2c(CCCCN3CCC4(CC3)Cc3ccccc3O4)cccc21. The number of ether oxygens (including phenoxy) is 1. The predicted octanol–water partition coefficient (Wildman–Crippen LogP) is 3.36. The standard InChI is InChI=1S/C24H26N2O3/c27-22-19-9-5-8-17(21(19)23(28)25-22)6-3-4-13-26-14-11-24(12-15-26)16-18-7-1-2-10-20(18)29-24/h1-2,5,7-10H,3-4,6,11-16H2,(H,25,27,28). The fourth-order valence-electron chi connectivity index (χ4n) is 4.98. The number of likely N-dealkylation sites (tertiary alicyclic amines) is 1. The lowest BCUT2D eigenvalue weighted by Gasteiger charge is -2.38. The molecule has 3 heterocycles. The fourth-order valence-corrected chi connectivity index (χ4v) is 4.98. The smallest absolute Gasteiger partial charge is 0.259 e. The van der Waals surface area contributed by atoms with Crippen LogP contribution in [0.3, 0.4) is 0 Å². The zero-order valence-electron chi connectivity index (χ0n) is 16.6. The Balaban J connectivity index is 1.10. The first-order valence-electron chi connectivity index (χ1n) is 10.6. The van der Waals surface area contributed by atoms with Gasteiger partial charge < -0.3 is 9.64 Å². The van der Waals surface area contributed by atoms with E-state index in [1.807, 2.05) is 12.1 Å². The highest BCUT2D eigenvalue weighted by Gasteiger charge is 2.41. The van der Waals surface area contributed by atoms with E-state index in [-0.39, 0.29) is 17.4 Å². The highest BCUT2D eigenvalue weighted by molar-refractivity contribution is 6.22. The minimum absolute atomic E-state index is 0.00464. The molecule has 0 aliphatic carbocycles. The molecule has 150 valence electrons. The van der Waals surface area contributed by atoms with E-state index in [0.717, 1.165) is 69.5 Å². The molecule has 5 rings (SSSR count). The fraction of sp³-hybridized carbons (Fsp3) is 0.417. The molecular weight excluding hydrogens is 364 g/mol. The van der Waals surface area contributed by atoms with Crippen molar-refractivity contribution in [3.05, 3.63) is 64.7 Å². The maximum absolute atomic E-state index is 12.0. The van der Waals surface area contributed by atoms with Crippen LogP contribution in [0.5, 0.6) is 5.75 Å². The second kappa shape index (κ2) is 7.30. The van der Waals surface area contributed by atoms with Crippen molar-refractivity contribution in [2.75, 3.05) is 19.6 Å². The normalized spacial score (nSPS) is 19.7. The number of rotatable bonds is 5. The number of unbranched alkanes of at least 4 members (excludes halogenated alkanes) is 1. The van der Waals surface area contributed by atoms with Gasteiger partial charge in [0.25, 0.3) is 11.8 Å². The van der Waals surface area contributed by atoms with Crippen molar-refractivity contribution in [2.45, 2.75) is 44.1 Å². The summed E-state index contributed by atoms with van der Waals surface area (Å²) in [4.78, 5) is 26.4. The van der Waals surface area contributed by atoms with Crippen molar-refractivity contribution in [3.8, 4) is 5.75 Å². The highest BCUT2D eigenvalue weighted by Crippen LogP contribution is 2.40. The molecule has 1 spiro atoms. The van der Waals surface area contributed by atoms with Gasteiger partial charge in [-0.3, -0.25) is 14.9 Å². The summed E-state index contributed by atoms with van der Waals surface area (Å²) in [5, 5.41) is 2.40. The lowest BCUT2D eigenvalue weighted by molar-refractivity contribution is 0.0191. The molecule has 0 radical (unpaired) electrons. The number of amides is 2. The maximum atomic E-state index is 12.0. The minimum Gasteiger partial charge on any atom is -0.487 e. The Hall–Kier alpha value is -2.66. The molecule has 2 amide bonds. The van der Waals surface area contributed by atoms with Gasteiger partial charge in [0.05, 0.1) is 11.1 Å². The average Bonchev–Trinajstić information content (AvgIpc) is 3.24. The van der Waals surface area contributed by atoms with Gasteiger partial charge in [0.15, 0.2) is 0 Å². The number of aryl methyl sites for hydroxylation is 1. The Morgan fingerprint density at radius 1 is 0.966 bits per heavy atom. The lowest BCUT2D eigenvalue weighted by Crippen LogP contribution is -2.47. The van der Waals surface area contributed by atoms with Gasteiger partial charge in [-0.2, -0.15) is 0 Å². The number of hydrogen-bond donors (Lipinski definition) is 1. The number of nitrogens with zero attached hydrogens (tertiary/aromatic N) is 1. The summed E-state index contributed by atoms with van der Waals surface area (Å²) in [7, 11) is 0. The summed E-state index contributed by atoms with van der Waals surface area (Å²) < 4.78 is 6.34. The van der Waals surface area contributed by atoms with Crippen LogP contribution in [0.2, 0.25) is 0 Å². The summed E-state index contributed by atoms with van der Waals surface area (Å²) in [5.74, 6) is 0.545. The number of hydrogen-bond acceptors (Lipinski definition) is 4. The van der Waals surface area contributed by atoms with Gasteiger partial charge in [-0.1, -0.05) is 30.3 Å². The third-order valence-electron chi connectivity index (χ3n) is 6.60. The van der Waals surface area contributed by atoms with Crippen molar-refractivity contribution in [2.24, 2.45) is 0 Å². The van der Waals surface area contributed by atoms with E-state index in [0.29, 0.717) is 11.1 Å². The maximum Gasteiger partial charge on any atom is 0.259 e. The van der Waals surface area contributed by atoms with Crippen LogP contribution >= 0.6 is 0 Å². The molecule has 0 aromatic heterocycles. The van der Waals surface area contributed by atoms with Gasteiger partial charge in [0.2, 0.25) is 0 Å². The van der Waals surface area contributed by atoms with Crippen LogP contribution < -0.4 is 10.1 Å². The number of para-hydroxylation sites is 1. The van der Waals surface area contributed by atoms with Crippen molar-refractivity contribution >= 4 is 11.8 Å². The molecule has 2 aromatic rings. The zero-order chi connectivity index (χ0) is 19.8. The molecule has 5 heteroatoms. The van der Waals surface area contributed by atoms with Crippen molar-refractivity contribution in [1.29, 1.82) is 0 Å². The first-order valence-corrected chi connectivity index (χ1v) is 10.6. The van der Waals surface area contributed by atoms with Crippen molar-refractivity contribution < 1.29 is 14.3 Å².